The first-order chi connectivity index (χ1) is 16.0. The fraction of sp³-hybridized carbons (Fsp3) is 0.273. The lowest BCUT2D eigenvalue weighted by molar-refractivity contribution is -0.117. The Bertz CT molecular complexity index is 1170. The number of benzene rings is 1. The molecule has 2 N–H and O–H groups in total. The number of carbonyl (C=O) groups excluding carboxylic acids is 3. The van der Waals surface area contributed by atoms with E-state index in [2.05, 4.69) is 25.6 Å². The van der Waals surface area contributed by atoms with E-state index in [0.717, 1.165) is 10.6 Å². The fourth-order valence-electron chi connectivity index (χ4n) is 3.39. The van der Waals surface area contributed by atoms with Gasteiger partial charge in [0.1, 0.15) is 5.69 Å². The Balaban J connectivity index is 1.36. The maximum absolute atomic E-state index is 12.6. The normalized spacial score (nSPS) is 13.1. The van der Waals surface area contributed by atoms with Gasteiger partial charge in [-0.2, -0.15) is 0 Å². The molecule has 10 nitrogen and oxygen atoms in total. The van der Waals surface area contributed by atoms with Crippen molar-refractivity contribution in [2.75, 3.05) is 30.3 Å². The second kappa shape index (κ2) is 10.3. The number of fused-ring (bicyclic) bond motifs is 1. The van der Waals surface area contributed by atoms with Gasteiger partial charge in [-0.05, 0) is 19.1 Å². The molecule has 3 heterocycles. The second-order valence-corrected chi connectivity index (χ2v) is 8.29. The predicted octanol–water partition coefficient (Wildman–Crippen LogP) is 2.36. The number of ether oxygens (including phenoxy) is 1. The van der Waals surface area contributed by atoms with Crippen LogP contribution in [0.25, 0.3) is 0 Å². The summed E-state index contributed by atoms with van der Waals surface area (Å²) in [6.45, 7) is 3.35. The van der Waals surface area contributed by atoms with E-state index in [0.29, 0.717) is 35.9 Å². The number of aromatic nitrogens is 3. The Morgan fingerprint density at radius 2 is 2.03 bits per heavy atom. The van der Waals surface area contributed by atoms with E-state index in [-0.39, 0.29) is 30.7 Å². The molecule has 0 radical (unpaired) electrons. The van der Waals surface area contributed by atoms with Gasteiger partial charge >= 0.3 is 5.97 Å². The molecule has 0 spiro atoms. The summed E-state index contributed by atoms with van der Waals surface area (Å²) in [6, 6.07) is 6.76. The third-order valence-electron chi connectivity index (χ3n) is 4.89. The number of amides is 2. The second-order valence-electron chi connectivity index (χ2n) is 7.21. The molecule has 0 saturated carbocycles. The molecule has 2 aromatic heterocycles. The Morgan fingerprint density at radius 3 is 2.82 bits per heavy atom. The van der Waals surface area contributed by atoms with Gasteiger partial charge in [-0.1, -0.05) is 12.1 Å². The van der Waals surface area contributed by atoms with E-state index >= 15 is 0 Å². The van der Waals surface area contributed by atoms with Crippen LogP contribution >= 0.6 is 11.3 Å². The maximum atomic E-state index is 12.6. The van der Waals surface area contributed by atoms with E-state index in [1.165, 1.54) is 29.9 Å². The molecule has 0 fully saturated rings. The lowest BCUT2D eigenvalue weighted by Crippen LogP contribution is -2.37. The first-order valence-corrected chi connectivity index (χ1v) is 11.2. The Hall–Kier alpha value is -3.70. The lowest BCUT2D eigenvalue weighted by Gasteiger charge is -2.25. The van der Waals surface area contributed by atoms with Gasteiger partial charge < -0.3 is 10.1 Å². The quantitative estimate of drug-likeness (QED) is 0.508. The SMILES string of the molecule is CCOC(=O)c1ccccc1NC(=O)CN1CCc2nc(NC(=O)c3cnccn3)sc2C1. The number of para-hydroxylation sites is 1. The van der Waals surface area contributed by atoms with Gasteiger partial charge in [-0.25, -0.2) is 14.8 Å². The number of hydrogen-bond acceptors (Lipinski definition) is 9. The number of carbonyl (C=O) groups is 3. The van der Waals surface area contributed by atoms with Crippen LogP contribution in [0.3, 0.4) is 0 Å². The van der Waals surface area contributed by atoms with E-state index in [1.54, 1.807) is 31.2 Å². The van der Waals surface area contributed by atoms with Crippen molar-refractivity contribution >= 4 is 39.9 Å². The number of rotatable bonds is 7. The van der Waals surface area contributed by atoms with Crippen molar-refractivity contribution in [3.8, 4) is 0 Å². The summed E-state index contributed by atoms with van der Waals surface area (Å²) in [5.41, 5.74) is 1.87. The zero-order valence-electron chi connectivity index (χ0n) is 17.9. The Kier molecular flexibility index (Phi) is 7.01. The third kappa shape index (κ3) is 5.57. The van der Waals surface area contributed by atoms with Crippen molar-refractivity contribution in [2.45, 2.75) is 19.9 Å². The standard InChI is InChI=1S/C22H22N6O4S/c1-2-32-21(31)14-5-3-4-6-15(14)25-19(29)13-28-10-7-16-18(12-28)33-22(26-16)27-20(30)17-11-23-8-9-24-17/h3-6,8-9,11H,2,7,10,12-13H2,1H3,(H,25,29)(H,26,27,30). The molecule has 1 aliphatic rings. The van der Waals surface area contributed by atoms with E-state index in [1.807, 2.05) is 4.90 Å². The lowest BCUT2D eigenvalue weighted by atomic mass is 10.1. The average molecular weight is 467 g/mol. The molecule has 3 aromatic rings. The summed E-state index contributed by atoms with van der Waals surface area (Å²) in [5, 5.41) is 6.05. The molecule has 33 heavy (non-hydrogen) atoms. The van der Waals surface area contributed by atoms with E-state index < -0.39 is 5.97 Å². The summed E-state index contributed by atoms with van der Waals surface area (Å²) in [5.74, 6) is -1.07. The molecule has 4 rings (SSSR count). The average Bonchev–Trinajstić information content (AvgIpc) is 3.21. The van der Waals surface area contributed by atoms with Crippen LogP contribution in [0.5, 0.6) is 0 Å². The van der Waals surface area contributed by atoms with Gasteiger partial charge in [0.25, 0.3) is 5.91 Å². The molecule has 2 amide bonds. The molecular formula is C22H22N6O4S. The van der Waals surface area contributed by atoms with Crippen LogP contribution in [-0.4, -0.2) is 57.3 Å². The van der Waals surface area contributed by atoms with Crippen molar-refractivity contribution in [1.82, 2.24) is 19.9 Å². The summed E-state index contributed by atoms with van der Waals surface area (Å²) in [6.07, 6.45) is 5.01. The van der Waals surface area contributed by atoms with Crippen molar-refractivity contribution < 1.29 is 19.1 Å². The fourth-order valence-corrected chi connectivity index (χ4v) is 4.43. The van der Waals surface area contributed by atoms with Crippen LogP contribution in [0.4, 0.5) is 10.8 Å². The molecule has 170 valence electrons. The van der Waals surface area contributed by atoms with E-state index in [4.69, 9.17) is 4.74 Å². The minimum Gasteiger partial charge on any atom is -0.462 e. The van der Waals surface area contributed by atoms with Gasteiger partial charge in [0, 0.05) is 36.8 Å². The topological polar surface area (TPSA) is 126 Å². The van der Waals surface area contributed by atoms with Gasteiger partial charge in [0.2, 0.25) is 5.91 Å². The highest BCUT2D eigenvalue weighted by Crippen LogP contribution is 2.28. The van der Waals surface area contributed by atoms with Gasteiger partial charge in [0.05, 0.1) is 36.3 Å². The number of nitrogens with zero attached hydrogens (tertiary/aromatic N) is 4. The molecule has 11 heteroatoms. The molecule has 0 aliphatic carbocycles. The van der Waals surface area contributed by atoms with E-state index in [9.17, 15) is 14.4 Å². The summed E-state index contributed by atoms with van der Waals surface area (Å²) < 4.78 is 5.05. The molecule has 0 unspecified atom stereocenters. The Morgan fingerprint density at radius 1 is 1.18 bits per heavy atom. The summed E-state index contributed by atoms with van der Waals surface area (Å²) in [4.78, 5) is 52.4. The number of anilines is 2. The minimum absolute atomic E-state index is 0.162. The summed E-state index contributed by atoms with van der Waals surface area (Å²) in [7, 11) is 0. The number of hydrogen-bond donors (Lipinski definition) is 2. The van der Waals surface area contributed by atoms with Gasteiger partial charge in [-0.15, -0.1) is 11.3 Å². The molecule has 0 saturated heterocycles. The highest BCUT2D eigenvalue weighted by atomic mass is 32.1. The van der Waals surface area contributed by atoms with Crippen LogP contribution in [-0.2, 0) is 22.5 Å². The van der Waals surface area contributed by atoms with Gasteiger partial charge in [-0.3, -0.25) is 24.8 Å². The Labute approximate surface area is 194 Å². The van der Waals surface area contributed by atoms with Crippen LogP contribution < -0.4 is 10.6 Å². The van der Waals surface area contributed by atoms with Crippen molar-refractivity contribution in [2.24, 2.45) is 0 Å². The summed E-state index contributed by atoms with van der Waals surface area (Å²) >= 11 is 1.38. The van der Waals surface area contributed by atoms with Crippen molar-refractivity contribution in [3.63, 3.8) is 0 Å². The van der Waals surface area contributed by atoms with Crippen LogP contribution in [0, 0.1) is 0 Å². The maximum Gasteiger partial charge on any atom is 0.340 e. The number of esters is 1. The zero-order valence-corrected chi connectivity index (χ0v) is 18.7. The molecule has 0 atom stereocenters. The first kappa shape index (κ1) is 22.5. The first-order valence-electron chi connectivity index (χ1n) is 10.4. The molecule has 0 bridgehead atoms. The third-order valence-corrected chi connectivity index (χ3v) is 5.89. The van der Waals surface area contributed by atoms with Crippen molar-refractivity contribution in [1.29, 1.82) is 0 Å². The van der Waals surface area contributed by atoms with Crippen molar-refractivity contribution in [3.05, 3.63) is 64.7 Å². The highest BCUT2D eigenvalue weighted by Gasteiger charge is 2.24. The van der Waals surface area contributed by atoms with Crippen LogP contribution in [0.2, 0.25) is 0 Å². The van der Waals surface area contributed by atoms with Crippen LogP contribution in [0.15, 0.2) is 42.9 Å². The predicted molar refractivity (Wildman–Crippen MR) is 122 cm³/mol. The highest BCUT2D eigenvalue weighted by molar-refractivity contribution is 7.15. The minimum atomic E-state index is -0.475. The van der Waals surface area contributed by atoms with Crippen LogP contribution in [0.1, 0.15) is 38.3 Å². The largest absolute Gasteiger partial charge is 0.462 e. The number of nitrogens with one attached hydrogen (secondary N) is 2. The monoisotopic (exact) mass is 466 g/mol. The zero-order chi connectivity index (χ0) is 23.2. The number of thiazole rings is 1. The molecule has 1 aliphatic heterocycles. The molecule has 1 aromatic carbocycles. The smallest absolute Gasteiger partial charge is 0.340 e. The van der Waals surface area contributed by atoms with Gasteiger partial charge in [0.15, 0.2) is 5.13 Å². The molecular weight excluding hydrogens is 444 g/mol.